The van der Waals surface area contributed by atoms with E-state index < -0.39 is 5.41 Å². The SMILES string of the molecule is CC1(C)c2ccccc2-c2ccc(N(c3cccc(-c4ccccc4)c3)c3cccc4c3-c3ccccc3C4(c3ccccc3)c3ccccc3)cc21. The molecule has 2 aliphatic carbocycles. The second-order valence-corrected chi connectivity index (χ2v) is 14.9. The highest BCUT2D eigenvalue weighted by atomic mass is 15.1. The van der Waals surface area contributed by atoms with Gasteiger partial charge in [0.05, 0.1) is 11.1 Å². The van der Waals surface area contributed by atoms with Crippen LogP contribution in [-0.4, -0.2) is 0 Å². The van der Waals surface area contributed by atoms with E-state index in [1.165, 1.54) is 72.4 Å². The molecule has 8 aromatic carbocycles. The van der Waals surface area contributed by atoms with E-state index in [-0.39, 0.29) is 5.41 Å². The van der Waals surface area contributed by atoms with E-state index in [0.29, 0.717) is 0 Å². The second kappa shape index (κ2) is 12.1. The Morgan fingerprint density at radius 3 is 1.60 bits per heavy atom. The fourth-order valence-corrected chi connectivity index (χ4v) is 9.37. The molecule has 0 saturated heterocycles. The van der Waals surface area contributed by atoms with Crippen LogP contribution in [0.1, 0.15) is 47.2 Å². The summed E-state index contributed by atoms with van der Waals surface area (Å²) in [5, 5.41) is 0. The summed E-state index contributed by atoms with van der Waals surface area (Å²) in [6, 6.07) is 73.9. The Morgan fingerprint density at radius 2 is 0.887 bits per heavy atom. The van der Waals surface area contributed by atoms with Crippen molar-refractivity contribution in [2.75, 3.05) is 4.90 Å². The van der Waals surface area contributed by atoms with E-state index in [0.717, 1.165) is 11.4 Å². The van der Waals surface area contributed by atoms with Gasteiger partial charge in [0.2, 0.25) is 0 Å². The third-order valence-electron chi connectivity index (χ3n) is 11.7. The molecule has 0 aromatic heterocycles. The average molecular weight is 678 g/mol. The normalized spacial score (nSPS) is 14.2. The number of rotatable bonds is 6. The number of benzene rings is 8. The van der Waals surface area contributed by atoms with Crippen molar-refractivity contribution in [1.82, 2.24) is 0 Å². The predicted molar refractivity (Wildman–Crippen MR) is 221 cm³/mol. The minimum Gasteiger partial charge on any atom is -0.310 e. The molecule has 0 fully saturated rings. The van der Waals surface area contributed by atoms with Crippen LogP contribution in [0.4, 0.5) is 17.1 Å². The molecule has 53 heavy (non-hydrogen) atoms. The summed E-state index contributed by atoms with van der Waals surface area (Å²) in [5.74, 6) is 0. The molecule has 0 bridgehead atoms. The smallest absolute Gasteiger partial charge is 0.0714 e. The number of anilines is 3. The predicted octanol–water partition coefficient (Wildman–Crippen LogP) is 13.5. The summed E-state index contributed by atoms with van der Waals surface area (Å²) < 4.78 is 0. The number of fused-ring (bicyclic) bond motifs is 6. The summed E-state index contributed by atoms with van der Waals surface area (Å²) in [7, 11) is 0. The molecule has 10 rings (SSSR count). The molecule has 252 valence electrons. The Morgan fingerprint density at radius 1 is 0.358 bits per heavy atom. The van der Waals surface area contributed by atoms with Crippen molar-refractivity contribution in [3.8, 4) is 33.4 Å². The first-order valence-electron chi connectivity index (χ1n) is 18.6. The van der Waals surface area contributed by atoms with E-state index >= 15 is 0 Å². The van der Waals surface area contributed by atoms with Crippen LogP contribution in [0.15, 0.2) is 200 Å². The van der Waals surface area contributed by atoms with Gasteiger partial charge in [-0.25, -0.2) is 0 Å². The lowest BCUT2D eigenvalue weighted by atomic mass is 9.68. The molecule has 0 atom stereocenters. The Hall–Kier alpha value is -6.44. The van der Waals surface area contributed by atoms with Crippen molar-refractivity contribution in [2.24, 2.45) is 0 Å². The average Bonchev–Trinajstić information content (AvgIpc) is 3.65. The summed E-state index contributed by atoms with van der Waals surface area (Å²) in [6.07, 6.45) is 0. The molecule has 0 N–H and O–H groups in total. The molecule has 0 saturated carbocycles. The van der Waals surface area contributed by atoms with Gasteiger partial charge in [-0.2, -0.15) is 0 Å². The largest absolute Gasteiger partial charge is 0.310 e. The van der Waals surface area contributed by atoms with E-state index in [9.17, 15) is 0 Å². The standard InChI is InChI=1S/C52H39N/c1-51(2)45-28-14-12-26-42(45)43-33-32-41(35-48(43)51)53(40-25-16-20-37(34-40)36-18-6-3-7-19-36)49-31-17-30-47-50(49)44-27-13-15-29-46(44)52(47,38-21-8-4-9-22-38)39-23-10-5-11-24-39/h3-35H,1-2H3. The molecule has 0 heterocycles. The van der Waals surface area contributed by atoms with Gasteiger partial charge in [-0.05, 0) is 91.5 Å². The molecule has 0 unspecified atom stereocenters. The van der Waals surface area contributed by atoms with Gasteiger partial charge in [0.25, 0.3) is 0 Å². The minimum atomic E-state index is -0.483. The van der Waals surface area contributed by atoms with Gasteiger partial charge < -0.3 is 4.90 Å². The molecule has 2 aliphatic rings. The van der Waals surface area contributed by atoms with Crippen LogP contribution in [-0.2, 0) is 10.8 Å². The lowest BCUT2D eigenvalue weighted by Crippen LogP contribution is -2.28. The molecule has 0 radical (unpaired) electrons. The van der Waals surface area contributed by atoms with Gasteiger partial charge in [0, 0.05) is 22.4 Å². The third-order valence-corrected chi connectivity index (χ3v) is 11.7. The topological polar surface area (TPSA) is 3.24 Å². The van der Waals surface area contributed by atoms with Crippen molar-refractivity contribution in [3.63, 3.8) is 0 Å². The maximum absolute atomic E-state index is 2.51. The van der Waals surface area contributed by atoms with Crippen LogP contribution in [0.3, 0.4) is 0 Å². The molecule has 0 amide bonds. The zero-order valence-electron chi connectivity index (χ0n) is 30.0. The maximum atomic E-state index is 2.51. The lowest BCUT2D eigenvalue weighted by Gasteiger charge is -2.34. The summed E-state index contributed by atoms with van der Waals surface area (Å²) in [5.41, 5.74) is 18.3. The van der Waals surface area contributed by atoms with E-state index in [4.69, 9.17) is 0 Å². The van der Waals surface area contributed by atoms with Gasteiger partial charge in [-0.3, -0.25) is 0 Å². The Balaban J connectivity index is 1.27. The molecule has 8 aromatic rings. The fourth-order valence-electron chi connectivity index (χ4n) is 9.37. The summed E-state index contributed by atoms with van der Waals surface area (Å²) >= 11 is 0. The van der Waals surface area contributed by atoms with E-state index in [1.54, 1.807) is 0 Å². The number of hydrogen-bond donors (Lipinski definition) is 0. The highest BCUT2D eigenvalue weighted by Crippen LogP contribution is 2.60. The van der Waals surface area contributed by atoms with Gasteiger partial charge in [0.1, 0.15) is 0 Å². The van der Waals surface area contributed by atoms with Gasteiger partial charge in [-0.15, -0.1) is 0 Å². The van der Waals surface area contributed by atoms with Crippen LogP contribution >= 0.6 is 0 Å². The maximum Gasteiger partial charge on any atom is 0.0714 e. The first kappa shape index (κ1) is 31.3. The van der Waals surface area contributed by atoms with Crippen LogP contribution in [0.25, 0.3) is 33.4 Å². The Kier molecular flexibility index (Phi) is 7.13. The second-order valence-electron chi connectivity index (χ2n) is 14.9. The molecule has 0 spiro atoms. The Labute approximate surface area is 312 Å². The zero-order chi connectivity index (χ0) is 35.6. The number of nitrogens with zero attached hydrogens (tertiary/aromatic N) is 1. The third kappa shape index (κ3) is 4.64. The first-order chi connectivity index (χ1) is 26.1. The summed E-state index contributed by atoms with van der Waals surface area (Å²) in [6.45, 7) is 4.73. The van der Waals surface area contributed by atoms with Crippen molar-refractivity contribution < 1.29 is 0 Å². The molecule has 0 aliphatic heterocycles. The van der Waals surface area contributed by atoms with Gasteiger partial charge >= 0.3 is 0 Å². The van der Waals surface area contributed by atoms with E-state index in [1.807, 2.05) is 0 Å². The summed E-state index contributed by atoms with van der Waals surface area (Å²) in [4.78, 5) is 2.51. The zero-order valence-corrected chi connectivity index (χ0v) is 30.0. The highest BCUT2D eigenvalue weighted by Gasteiger charge is 2.47. The van der Waals surface area contributed by atoms with Crippen LogP contribution < -0.4 is 4.90 Å². The van der Waals surface area contributed by atoms with Crippen molar-refractivity contribution >= 4 is 17.1 Å². The highest BCUT2D eigenvalue weighted by molar-refractivity contribution is 5.98. The first-order valence-corrected chi connectivity index (χ1v) is 18.6. The Bertz CT molecular complexity index is 2600. The molecule has 1 nitrogen and oxygen atoms in total. The lowest BCUT2D eigenvalue weighted by molar-refractivity contribution is 0.660. The number of hydrogen-bond acceptors (Lipinski definition) is 1. The van der Waals surface area contributed by atoms with Crippen LogP contribution in [0, 0.1) is 0 Å². The van der Waals surface area contributed by atoms with Crippen molar-refractivity contribution in [3.05, 3.63) is 234 Å². The molecular formula is C52H39N. The van der Waals surface area contributed by atoms with Crippen molar-refractivity contribution in [1.29, 1.82) is 0 Å². The fraction of sp³-hybridized carbons (Fsp3) is 0.0769. The van der Waals surface area contributed by atoms with Crippen molar-refractivity contribution in [2.45, 2.75) is 24.7 Å². The van der Waals surface area contributed by atoms with Gasteiger partial charge in [-0.1, -0.05) is 184 Å². The monoisotopic (exact) mass is 677 g/mol. The molecular weight excluding hydrogens is 639 g/mol. The van der Waals surface area contributed by atoms with E-state index in [2.05, 4.69) is 219 Å². The van der Waals surface area contributed by atoms with Crippen LogP contribution in [0.5, 0.6) is 0 Å². The minimum absolute atomic E-state index is 0.125. The molecule has 1 heteroatoms. The van der Waals surface area contributed by atoms with Crippen LogP contribution in [0.2, 0.25) is 0 Å². The quantitative estimate of drug-likeness (QED) is 0.169. The van der Waals surface area contributed by atoms with Gasteiger partial charge in [0.15, 0.2) is 0 Å².